The monoisotopic (exact) mass is 530 g/mol. The van der Waals surface area contributed by atoms with Gasteiger partial charge >= 0.3 is 0 Å². The number of hydrogen-bond donors (Lipinski definition) is 2. The van der Waals surface area contributed by atoms with Crippen molar-refractivity contribution in [2.45, 2.75) is 89.1 Å². The van der Waals surface area contributed by atoms with Crippen LogP contribution in [0.2, 0.25) is 0 Å². The number of fused-ring (bicyclic) bond motifs is 2. The van der Waals surface area contributed by atoms with Crippen molar-refractivity contribution in [3.63, 3.8) is 0 Å². The number of nitrogens with zero attached hydrogens (tertiary/aromatic N) is 5. The Morgan fingerprint density at radius 1 is 1.15 bits per heavy atom. The fraction of sp³-hybridized carbons (Fsp3) is 0.517. The lowest BCUT2D eigenvalue weighted by Gasteiger charge is -2.27. The Hall–Kier alpha value is -3.50. The molecule has 4 aliphatic rings. The second-order valence-corrected chi connectivity index (χ2v) is 11.7. The summed E-state index contributed by atoms with van der Waals surface area (Å²) in [4.78, 5) is 33.5. The predicted octanol–water partition coefficient (Wildman–Crippen LogP) is 3.31. The van der Waals surface area contributed by atoms with Crippen LogP contribution in [-0.2, 0) is 6.54 Å². The molecular formula is C29H34N6O4. The minimum atomic E-state index is -0.287. The first kappa shape index (κ1) is 24.5. The predicted molar refractivity (Wildman–Crippen MR) is 143 cm³/mol. The highest BCUT2D eigenvalue weighted by Gasteiger charge is 2.40. The van der Waals surface area contributed by atoms with Crippen LogP contribution in [0.15, 0.2) is 30.6 Å². The molecule has 204 valence electrons. The first-order valence-electron chi connectivity index (χ1n) is 14.1. The van der Waals surface area contributed by atoms with Crippen molar-refractivity contribution >= 4 is 17.5 Å². The Kier molecular flexibility index (Phi) is 5.85. The van der Waals surface area contributed by atoms with Gasteiger partial charge in [-0.25, -0.2) is 15.3 Å². The van der Waals surface area contributed by atoms with Crippen LogP contribution >= 0.6 is 0 Å². The maximum absolute atomic E-state index is 13.6. The highest BCUT2D eigenvalue weighted by molar-refractivity contribution is 6.02. The van der Waals surface area contributed by atoms with Gasteiger partial charge in [-0.15, -0.1) is 0 Å². The summed E-state index contributed by atoms with van der Waals surface area (Å²) in [6.45, 7) is 2.68. The molecule has 0 bridgehead atoms. The van der Waals surface area contributed by atoms with Gasteiger partial charge in [-0.1, -0.05) is 0 Å². The Morgan fingerprint density at radius 3 is 2.64 bits per heavy atom. The summed E-state index contributed by atoms with van der Waals surface area (Å²) in [5.74, 6) is 6.94. The standard InChI is InChI=1S/C29H34N6O4/c1-16(17-2-3-17)33-15-19-12-18(13-25(26(19)29(33)38)39-22-8-6-21(36)7-9-22)24-10-11-34-27(32-24)23(14-31-34)28(37)35(30)20-4-5-20/h10-14,16-17,20-22,36H,2-9,15,30H2,1H3/t16-,21?,22?/m0/s1. The van der Waals surface area contributed by atoms with E-state index in [9.17, 15) is 14.7 Å². The minimum Gasteiger partial charge on any atom is -0.490 e. The second-order valence-electron chi connectivity index (χ2n) is 11.7. The van der Waals surface area contributed by atoms with E-state index in [4.69, 9.17) is 15.6 Å². The SMILES string of the molecule is C[C@@H](C1CC1)N1Cc2cc(-c3ccn4ncc(C(=O)N(N)C5CC5)c4n3)cc(OC3CCC(O)CC3)c2C1=O. The smallest absolute Gasteiger partial charge is 0.273 e. The second kappa shape index (κ2) is 9.31. The molecule has 0 spiro atoms. The molecule has 1 aromatic carbocycles. The molecule has 3 heterocycles. The van der Waals surface area contributed by atoms with E-state index in [0.717, 1.165) is 49.7 Å². The van der Waals surface area contributed by atoms with Gasteiger partial charge in [0.25, 0.3) is 11.8 Å². The molecule has 0 unspecified atom stereocenters. The van der Waals surface area contributed by atoms with Crippen molar-refractivity contribution in [3.05, 3.63) is 47.3 Å². The lowest BCUT2D eigenvalue weighted by molar-refractivity contribution is 0.0625. The van der Waals surface area contributed by atoms with Crippen LogP contribution in [0.4, 0.5) is 0 Å². The Balaban J connectivity index is 1.26. The van der Waals surface area contributed by atoms with Crippen molar-refractivity contribution in [1.82, 2.24) is 24.5 Å². The molecule has 39 heavy (non-hydrogen) atoms. The molecule has 3 saturated carbocycles. The van der Waals surface area contributed by atoms with Crippen LogP contribution in [0.1, 0.15) is 84.6 Å². The number of aliphatic hydroxyl groups excluding tert-OH is 1. The van der Waals surface area contributed by atoms with Gasteiger partial charge in [0, 0.05) is 30.4 Å². The summed E-state index contributed by atoms with van der Waals surface area (Å²) in [5.41, 5.74) is 3.87. The molecule has 3 aliphatic carbocycles. The van der Waals surface area contributed by atoms with Crippen molar-refractivity contribution in [2.75, 3.05) is 0 Å². The number of aliphatic hydroxyl groups is 1. The first-order valence-corrected chi connectivity index (χ1v) is 14.1. The number of amides is 2. The van der Waals surface area contributed by atoms with Crippen LogP contribution in [0.25, 0.3) is 16.9 Å². The topological polar surface area (TPSA) is 126 Å². The van der Waals surface area contributed by atoms with Crippen molar-refractivity contribution in [3.8, 4) is 17.0 Å². The molecule has 0 radical (unpaired) electrons. The van der Waals surface area contributed by atoms with Gasteiger partial charge in [-0.05, 0) is 88.0 Å². The number of nitrogens with two attached hydrogens (primary N) is 1. The summed E-state index contributed by atoms with van der Waals surface area (Å²) in [6, 6.07) is 6.06. The average Bonchev–Trinajstić information content (AvgIpc) is 3.88. The van der Waals surface area contributed by atoms with Crippen molar-refractivity contribution in [1.29, 1.82) is 0 Å². The average molecular weight is 531 g/mol. The largest absolute Gasteiger partial charge is 0.490 e. The molecular weight excluding hydrogens is 496 g/mol. The van der Waals surface area contributed by atoms with E-state index in [1.807, 2.05) is 23.1 Å². The van der Waals surface area contributed by atoms with Crippen LogP contribution in [0.5, 0.6) is 5.75 Å². The van der Waals surface area contributed by atoms with Crippen LogP contribution < -0.4 is 10.6 Å². The van der Waals surface area contributed by atoms with E-state index in [0.29, 0.717) is 53.5 Å². The number of benzene rings is 1. The van der Waals surface area contributed by atoms with Gasteiger partial charge in [0.05, 0.1) is 29.7 Å². The Morgan fingerprint density at radius 2 is 1.92 bits per heavy atom. The maximum atomic E-state index is 13.6. The number of ether oxygens (including phenoxy) is 1. The van der Waals surface area contributed by atoms with Gasteiger partial charge in [-0.2, -0.15) is 5.10 Å². The van der Waals surface area contributed by atoms with Gasteiger partial charge in [0.1, 0.15) is 11.3 Å². The maximum Gasteiger partial charge on any atom is 0.273 e. The number of hydrazine groups is 1. The van der Waals surface area contributed by atoms with Gasteiger partial charge in [-0.3, -0.25) is 14.6 Å². The highest BCUT2D eigenvalue weighted by atomic mass is 16.5. The number of rotatable bonds is 7. The van der Waals surface area contributed by atoms with Crippen molar-refractivity contribution < 1.29 is 19.4 Å². The van der Waals surface area contributed by atoms with E-state index in [2.05, 4.69) is 12.0 Å². The molecule has 0 saturated heterocycles. The molecule has 2 aromatic heterocycles. The van der Waals surface area contributed by atoms with E-state index in [-0.39, 0.29) is 36.1 Å². The molecule has 7 rings (SSSR count). The van der Waals surface area contributed by atoms with E-state index >= 15 is 0 Å². The minimum absolute atomic E-state index is 0.0250. The third-order valence-electron chi connectivity index (χ3n) is 8.80. The molecule has 10 nitrogen and oxygen atoms in total. The van der Waals surface area contributed by atoms with Crippen LogP contribution in [-0.4, -0.2) is 65.7 Å². The summed E-state index contributed by atoms with van der Waals surface area (Å²) < 4.78 is 8.08. The Labute approximate surface area is 226 Å². The third kappa shape index (κ3) is 4.45. The number of carbonyl (C=O) groups excluding carboxylic acids is 2. The summed E-state index contributed by atoms with van der Waals surface area (Å²) in [6.07, 6.45) is 10.00. The zero-order valence-electron chi connectivity index (χ0n) is 22.1. The third-order valence-corrected chi connectivity index (χ3v) is 8.80. The zero-order chi connectivity index (χ0) is 26.8. The number of carbonyl (C=O) groups is 2. The molecule has 3 N–H and O–H groups in total. The highest BCUT2D eigenvalue weighted by Crippen LogP contribution is 2.42. The number of hydrogen-bond acceptors (Lipinski definition) is 7. The van der Waals surface area contributed by atoms with Crippen LogP contribution in [0, 0.1) is 5.92 Å². The lowest BCUT2D eigenvalue weighted by atomic mass is 9.95. The van der Waals surface area contributed by atoms with Gasteiger partial charge < -0.3 is 14.7 Å². The summed E-state index contributed by atoms with van der Waals surface area (Å²) in [7, 11) is 0. The summed E-state index contributed by atoms with van der Waals surface area (Å²) in [5, 5.41) is 15.6. The molecule has 10 heteroatoms. The van der Waals surface area contributed by atoms with Crippen LogP contribution in [0.3, 0.4) is 0 Å². The fourth-order valence-electron chi connectivity index (χ4n) is 6.02. The van der Waals surface area contributed by atoms with E-state index < -0.39 is 0 Å². The zero-order valence-corrected chi connectivity index (χ0v) is 22.1. The first-order chi connectivity index (χ1) is 18.9. The van der Waals surface area contributed by atoms with Gasteiger partial charge in [0.15, 0.2) is 5.65 Å². The van der Waals surface area contributed by atoms with Crippen molar-refractivity contribution in [2.24, 2.45) is 11.8 Å². The van der Waals surface area contributed by atoms with E-state index in [1.165, 1.54) is 11.2 Å². The molecule has 1 atom stereocenters. The summed E-state index contributed by atoms with van der Waals surface area (Å²) >= 11 is 0. The van der Waals surface area contributed by atoms with E-state index in [1.54, 1.807) is 10.7 Å². The molecule has 2 amide bonds. The number of aromatic nitrogens is 3. The lowest BCUT2D eigenvalue weighted by Crippen LogP contribution is -2.39. The molecule has 3 fully saturated rings. The molecule has 1 aliphatic heterocycles. The fourth-order valence-corrected chi connectivity index (χ4v) is 6.02. The van der Waals surface area contributed by atoms with Gasteiger partial charge in [0.2, 0.25) is 0 Å². The Bertz CT molecular complexity index is 1450. The molecule has 3 aromatic rings. The normalized spacial score (nSPS) is 23.7. The quantitative estimate of drug-likeness (QED) is 0.273.